The number of amides is 2. The van der Waals surface area contributed by atoms with Gasteiger partial charge in [0.2, 0.25) is 0 Å². The van der Waals surface area contributed by atoms with Gasteiger partial charge in [-0.3, -0.25) is 0 Å². The fourth-order valence-corrected chi connectivity index (χ4v) is 2.34. The molecule has 0 aliphatic rings. The first kappa shape index (κ1) is 16.4. The molecule has 0 aliphatic heterocycles. The van der Waals surface area contributed by atoms with Gasteiger partial charge in [-0.05, 0) is 42.3 Å². The molecule has 2 rings (SSSR count). The van der Waals surface area contributed by atoms with E-state index in [1.807, 2.05) is 49.4 Å². The summed E-state index contributed by atoms with van der Waals surface area (Å²) in [7, 11) is 3.40. The second kappa shape index (κ2) is 7.31. The minimum Gasteiger partial charge on any atom is -0.497 e. The van der Waals surface area contributed by atoms with Gasteiger partial charge in [-0.1, -0.05) is 34.1 Å². The van der Waals surface area contributed by atoms with Crippen molar-refractivity contribution in [3.63, 3.8) is 0 Å². The SMILES string of the molecule is COc1ccc(CN(C)C(=O)Nc2ccc(C)c(Br)c2)cc1. The van der Waals surface area contributed by atoms with E-state index in [1.54, 1.807) is 19.1 Å². The molecule has 2 amide bonds. The molecule has 0 fully saturated rings. The molecule has 0 unspecified atom stereocenters. The van der Waals surface area contributed by atoms with Gasteiger partial charge < -0.3 is 15.0 Å². The molecule has 0 bridgehead atoms. The topological polar surface area (TPSA) is 41.6 Å². The van der Waals surface area contributed by atoms with Crippen molar-refractivity contribution in [3.8, 4) is 5.75 Å². The Morgan fingerprint density at radius 3 is 2.50 bits per heavy atom. The smallest absolute Gasteiger partial charge is 0.321 e. The van der Waals surface area contributed by atoms with Crippen molar-refractivity contribution in [2.45, 2.75) is 13.5 Å². The number of nitrogens with one attached hydrogen (secondary N) is 1. The van der Waals surface area contributed by atoms with Gasteiger partial charge >= 0.3 is 6.03 Å². The number of ether oxygens (including phenoxy) is 1. The number of aryl methyl sites for hydroxylation is 1. The van der Waals surface area contributed by atoms with Crippen LogP contribution in [0.2, 0.25) is 0 Å². The second-order valence-corrected chi connectivity index (χ2v) is 5.95. The van der Waals surface area contributed by atoms with Crippen LogP contribution in [-0.4, -0.2) is 25.1 Å². The Kier molecular flexibility index (Phi) is 5.44. The van der Waals surface area contributed by atoms with Crippen LogP contribution >= 0.6 is 15.9 Å². The van der Waals surface area contributed by atoms with Gasteiger partial charge in [0.05, 0.1) is 7.11 Å². The summed E-state index contributed by atoms with van der Waals surface area (Å²) in [5, 5.41) is 2.88. The summed E-state index contributed by atoms with van der Waals surface area (Å²) in [6.45, 7) is 2.54. The van der Waals surface area contributed by atoms with Crippen LogP contribution in [0.25, 0.3) is 0 Å². The van der Waals surface area contributed by atoms with Crippen LogP contribution in [0.15, 0.2) is 46.9 Å². The molecule has 5 heteroatoms. The number of carbonyl (C=O) groups excluding carboxylic acids is 1. The zero-order valence-corrected chi connectivity index (χ0v) is 14.5. The largest absolute Gasteiger partial charge is 0.497 e. The number of methoxy groups -OCH3 is 1. The van der Waals surface area contributed by atoms with Gasteiger partial charge in [0.15, 0.2) is 0 Å². The van der Waals surface area contributed by atoms with E-state index < -0.39 is 0 Å². The van der Waals surface area contributed by atoms with Gasteiger partial charge in [-0.25, -0.2) is 4.79 Å². The number of hydrogen-bond acceptors (Lipinski definition) is 2. The van der Waals surface area contributed by atoms with Crippen LogP contribution in [0.5, 0.6) is 5.75 Å². The Morgan fingerprint density at radius 2 is 1.91 bits per heavy atom. The number of carbonyl (C=O) groups is 1. The fourth-order valence-electron chi connectivity index (χ4n) is 1.97. The number of benzene rings is 2. The minimum absolute atomic E-state index is 0.147. The maximum atomic E-state index is 12.2. The molecule has 22 heavy (non-hydrogen) atoms. The van der Waals surface area contributed by atoms with Crippen molar-refractivity contribution in [1.82, 2.24) is 4.90 Å². The lowest BCUT2D eigenvalue weighted by molar-refractivity contribution is 0.220. The highest BCUT2D eigenvalue weighted by atomic mass is 79.9. The van der Waals surface area contributed by atoms with Crippen LogP contribution in [0.3, 0.4) is 0 Å². The van der Waals surface area contributed by atoms with Gasteiger partial charge in [0.25, 0.3) is 0 Å². The average Bonchev–Trinajstić information content (AvgIpc) is 2.51. The van der Waals surface area contributed by atoms with E-state index in [-0.39, 0.29) is 6.03 Å². The molecular formula is C17H19BrN2O2. The summed E-state index contributed by atoms with van der Waals surface area (Å²) in [6, 6.07) is 13.3. The molecule has 0 atom stereocenters. The van der Waals surface area contributed by atoms with Crippen molar-refractivity contribution in [2.24, 2.45) is 0 Å². The van der Waals surface area contributed by atoms with Crippen molar-refractivity contribution in [3.05, 3.63) is 58.1 Å². The van der Waals surface area contributed by atoms with Gasteiger partial charge in [-0.2, -0.15) is 0 Å². The standard InChI is InChI=1S/C17H19BrN2O2/c1-12-4-7-14(10-16(12)18)19-17(21)20(2)11-13-5-8-15(22-3)9-6-13/h4-10H,11H2,1-3H3,(H,19,21). The predicted molar refractivity (Wildman–Crippen MR) is 92.4 cm³/mol. The summed E-state index contributed by atoms with van der Waals surface area (Å²) in [5.74, 6) is 0.806. The fraction of sp³-hybridized carbons (Fsp3) is 0.235. The second-order valence-electron chi connectivity index (χ2n) is 5.10. The summed E-state index contributed by atoms with van der Waals surface area (Å²) >= 11 is 3.46. The molecule has 0 aromatic heterocycles. The molecule has 0 saturated carbocycles. The number of nitrogens with zero attached hydrogens (tertiary/aromatic N) is 1. The van der Waals surface area contributed by atoms with E-state index >= 15 is 0 Å². The van der Waals surface area contributed by atoms with E-state index in [4.69, 9.17) is 4.74 Å². The summed E-state index contributed by atoms with van der Waals surface area (Å²) in [6.07, 6.45) is 0. The highest BCUT2D eigenvalue weighted by molar-refractivity contribution is 9.10. The van der Waals surface area contributed by atoms with E-state index in [1.165, 1.54) is 0 Å². The molecular weight excluding hydrogens is 344 g/mol. The Hall–Kier alpha value is -2.01. The number of urea groups is 1. The Bertz CT molecular complexity index is 656. The van der Waals surface area contributed by atoms with E-state index in [0.29, 0.717) is 6.54 Å². The first-order valence-electron chi connectivity index (χ1n) is 6.91. The third-order valence-corrected chi connectivity index (χ3v) is 4.20. The van der Waals surface area contributed by atoms with Crippen molar-refractivity contribution >= 4 is 27.6 Å². The van der Waals surface area contributed by atoms with Crippen molar-refractivity contribution in [2.75, 3.05) is 19.5 Å². The Labute approximate surface area is 139 Å². The molecule has 1 N–H and O–H groups in total. The van der Waals surface area contributed by atoms with Crippen LogP contribution < -0.4 is 10.1 Å². The molecule has 2 aromatic carbocycles. The minimum atomic E-state index is -0.147. The normalized spacial score (nSPS) is 10.2. The van der Waals surface area contributed by atoms with Gasteiger partial charge in [0.1, 0.15) is 5.75 Å². The number of anilines is 1. The maximum absolute atomic E-state index is 12.2. The van der Waals surface area contributed by atoms with Crippen LogP contribution in [0.1, 0.15) is 11.1 Å². The molecule has 116 valence electrons. The Balaban J connectivity index is 1.97. The highest BCUT2D eigenvalue weighted by Gasteiger charge is 2.10. The quantitative estimate of drug-likeness (QED) is 0.873. The first-order valence-corrected chi connectivity index (χ1v) is 7.70. The maximum Gasteiger partial charge on any atom is 0.321 e. The zero-order chi connectivity index (χ0) is 16.1. The van der Waals surface area contributed by atoms with E-state index in [0.717, 1.165) is 27.0 Å². The lowest BCUT2D eigenvalue weighted by Gasteiger charge is -2.18. The van der Waals surface area contributed by atoms with Crippen LogP contribution in [0, 0.1) is 6.92 Å². The average molecular weight is 363 g/mol. The highest BCUT2D eigenvalue weighted by Crippen LogP contribution is 2.21. The summed E-state index contributed by atoms with van der Waals surface area (Å²) in [5.41, 5.74) is 2.94. The van der Waals surface area contributed by atoms with E-state index in [2.05, 4.69) is 21.2 Å². The van der Waals surface area contributed by atoms with Gasteiger partial charge in [0, 0.05) is 23.8 Å². The monoisotopic (exact) mass is 362 g/mol. The molecule has 4 nitrogen and oxygen atoms in total. The molecule has 0 heterocycles. The van der Waals surface area contributed by atoms with Crippen LogP contribution in [0.4, 0.5) is 10.5 Å². The third kappa shape index (κ3) is 4.24. The summed E-state index contributed by atoms with van der Waals surface area (Å²) in [4.78, 5) is 13.8. The van der Waals surface area contributed by atoms with Crippen molar-refractivity contribution < 1.29 is 9.53 Å². The summed E-state index contributed by atoms with van der Waals surface area (Å²) < 4.78 is 6.10. The third-order valence-electron chi connectivity index (χ3n) is 3.35. The van der Waals surface area contributed by atoms with E-state index in [9.17, 15) is 4.79 Å². The number of hydrogen-bond donors (Lipinski definition) is 1. The lowest BCUT2D eigenvalue weighted by Crippen LogP contribution is -2.30. The number of halogens is 1. The molecule has 2 aromatic rings. The van der Waals surface area contributed by atoms with Gasteiger partial charge in [-0.15, -0.1) is 0 Å². The zero-order valence-electron chi connectivity index (χ0n) is 12.9. The molecule has 0 aliphatic carbocycles. The lowest BCUT2D eigenvalue weighted by atomic mass is 10.2. The number of rotatable bonds is 4. The molecule has 0 spiro atoms. The molecule has 0 saturated heterocycles. The van der Waals surface area contributed by atoms with Crippen LogP contribution in [-0.2, 0) is 6.54 Å². The first-order chi connectivity index (χ1) is 10.5. The van der Waals surface area contributed by atoms with Crippen molar-refractivity contribution in [1.29, 1.82) is 0 Å². The Morgan fingerprint density at radius 1 is 1.23 bits per heavy atom. The molecule has 0 radical (unpaired) electrons. The predicted octanol–water partition coefficient (Wildman–Crippen LogP) is 4.43.